The van der Waals surface area contributed by atoms with E-state index in [1.54, 1.807) is 17.3 Å². The number of rotatable bonds is 8. The zero-order valence-electron chi connectivity index (χ0n) is 16.5. The van der Waals surface area contributed by atoms with Crippen LogP contribution in [0, 0.1) is 0 Å². The number of hydrogen-bond donors (Lipinski definition) is 0. The molecule has 0 N–H and O–H groups in total. The Bertz CT molecular complexity index is 1120. The van der Waals surface area contributed by atoms with E-state index in [1.807, 2.05) is 67.6 Å². The summed E-state index contributed by atoms with van der Waals surface area (Å²) >= 11 is 3.02. The molecular formula is C23H21N3O2S2. The summed E-state index contributed by atoms with van der Waals surface area (Å²) in [4.78, 5) is 25.0. The molecule has 30 heavy (non-hydrogen) atoms. The van der Waals surface area contributed by atoms with Crippen molar-refractivity contribution in [2.24, 2.45) is 0 Å². The lowest BCUT2D eigenvalue weighted by molar-refractivity contribution is -0.116. The Morgan fingerprint density at radius 3 is 2.73 bits per heavy atom. The minimum Gasteiger partial charge on any atom is -0.492 e. The molecule has 2 heterocycles. The van der Waals surface area contributed by atoms with Crippen LogP contribution < -0.4 is 9.64 Å². The largest absolute Gasteiger partial charge is 0.492 e. The normalized spacial score (nSPS) is 10.8. The number of para-hydroxylation sites is 1. The van der Waals surface area contributed by atoms with E-state index >= 15 is 0 Å². The Morgan fingerprint density at radius 2 is 1.97 bits per heavy atom. The van der Waals surface area contributed by atoms with Gasteiger partial charge in [0, 0.05) is 17.3 Å². The first-order valence-corrected chi connectivity index (χ1v) is 11.4. The maximum atomic E-state index is 13.2. The quantitative estimate of drug-likeness (QED) is 0.346. The molecule has 2 aromatic carbocycles. The van der Waals surface area contributed by atoms with Crippen LogP contribution in [0.15, 0.2) is 78.0 Å². The molecule has 0 bridgehead atoms. The number of pyridine rings is 1. The second-order valence-electron chi connectivity index (χ2n) is 6.48. The van der Waals surface area contributed by atoms with Gasteiger partial charge in [0.1, 0.15) is 11.3 Å². The fourth-order valence-electron chi connectivity index (χ4n) is 2.98. The standard InChI is InChI=1S/C23H21N3O2S2/c1-2-28-19-11-6-12-20-22(19)25-23(30-20)26(15-17-8-7-13-24-14-17)21(27)16-29-18-9-4-3-5-10-18/h3-14H,2,15-16H2,1H3. The molecule has 2 aromatic heterocycles. The molecule has 152 valence electrons. The van der Waals surface area contributed by atoms with Crippen LogP contribution in [0.2, 0.25) is 0 Å². The molecule has 7 heteroatoms. The molecule has 0 spiro atoms. The van der Waals surface area contributed by atoms with Gasteiger partial charge >= 0.3 is 0 Å². The monoisotopic (exact) mass is 435 g/mol. The molecule has 0 radical (unpaired) electrons. The average molecular weight is 436 g/mol. The third-order valence-electron chi connectivity index (χ3n) is 4.37. The van der Waals surface area contributed by atoms with Crippen LogP contribution in [0.1, 0.15) is 12.5 Å². The molecule has 0 aliphatic carbocycles. The summed E-state index contributed by atoms with van der Waals surface area (Å²) in [5, 5.41) is 0.666. The third kappa shape index (κ3) is 4.80. The fourth-order valence-corrected chi connectivity index (χ4v) is 4.77. The highest BCUT2D eigenvalue weighted by Gasteiger charge is 2.21. The zero-order chi connectivity index (χ0) is 20.8. The van der Waals surface area contributed by atoms with Crippen molar-refractivity contribution in [2.75, 3.05) is 17.3 Å². The second-order valence-corrected chi connectivity index (χ2v) is 8.53. The molecule has 4 rings (SSSR count). The summed E-state index contributed by atoms with van der Waals surface area (Å²) in [5.41, 5.74) is 1.75. The maximum absolute atomic E-state index is 13.2. The number of ether oxygens (including phenoxy) is 1. The van der Waals surface area contributed by atoms with E-state index in [0.29, 0.717) is 24.0 Å². The lowest BCUT2D eigenvalue weighted by atomic mass is 10.2. The number of aromatic nitrogens is 2. The Balaban J connectivity index is 1.63. The zero-order valence-corrected chi connectivity index (χ0v) is 18.2. The van der Waals surface area contributed by atoms with Gasteiger partial charge in [0.15, 0.2) is 5.13 Å². The van der Waals surface area contributed by atoms with E-state index in [4.69, 9.17) is 9.72 Å². The molecule has 0 unspecified atom stereocenters. The van der Waals surface area contributed by atoms with Gasteiger partial charge < -0.3 is 4.74 Å². The molecule has 1 amide bonds. The number of hydrogen-bond acceptors (Lipinski definition) is 6. The number of carbonyl (C=O) groups excluding carboxylic acids is 1. The minimum absolute atomic E-state index is 0.00437. The summed E-state index contributed by atoms with van der Waals surface area (Å²) in [7, 11) is 0. The lowest BCUT2D eigenvalue weighted by Crippen LogP contribution is -2.31. The number of carbonyl (C=O) groups is 1. The number of fused-ring (bicyclic) bond motifs is 1. The summed E-state index contributed by atoms with van der Waals surface area (Å²) in [6.07, 6.45) is 3.51. The van der Waals surface area contributed by atoms with Gasteiger partial charge in [0.05, 0.1) is 23.6 Å². The van der Waals surface area contributed by atoms with Crippen molar-refractivity contribution in [3.63, 3.8) is 0 Å². The van der Waals surface area contributed by atoms with Gasteiger partial charge in [-0.05, 0) is 42.8 Å². The Kier molecular flexibility index (Phi) is 6.61. The fraction of sp³-hybridized carbons (Fsp3) is 0.174. The smallest absolute Gasteiger partial charge is 0.239 e. The number of nitrogens with zero attached hydrogens (tertiary/aromatic N) is 3. The van der Waals surface area contributed by atoms with Crippen LogP contribution in [0.5, 0.6) is 5.75 Å². The van der Waals surface area contributed by atoms with Crippen molar-refractivity contribution in [3.8, 4) is 5.75 Å². The van der Waals surface area contributed by atoms with E-state index in [9.17, 15) is 4.79 Å². The number of thioether (sulfide) groups is 1. The number of benzene rings is 2. The van der Waals surface area contributed by atoms with Gasteiger partial charge in [-0.2, -0.15) is 0 Å². The molecule has 5 nitrogen and oxygen atoms in total. The average Bonchev–Trinajstić information content (AvgIpc) is 3.22. The first-order chi connectivity index (χ1) is 14.7. The maximum Gasteiger partial charge on any atom is 0.239 e. The van der Waals surface area contributed by atoms with Gasteiger partial charge in [-0.25, -0.2) is 4.98 Å². The third-order valence-corrected chi connectivity index (χ3v) is 6.41. The van der Waals surface area contributed by atoms with Gasteiger partial charge in [-0.1, -0.05) is 41.7 Å². The van der Waals surface area contributed by atoms with Crippen LogP contribution >= 0.6 is 23.1 Å². The molecule has 0 fully saturated rings. The SMILES string of the molecule is CCOc1cccc2sc(N(Cc3cccnc3)C(=O)CSc3ccccc3)nc12. The minimum atomic E-state index is 0.00437. The van der Waals surface area contributed by atoms with Gasteiger partial charge in [-0.3, -0.25) is 14.7 Å². The van der Waals surface area contributed by atoms with E-state index in [1.165, 1.54) is 23.1 Å². The van der Waals surface area contributed by atoms with E-state index in [2.05, 4.69) is 4.98 Å². The Hall–Kier alpha value is -2.90. The molecular weight excluding hydrogens is 414 g/mol. The predicted molar refractivity (Wildman–Crippen MR) is 123 cm³/mol. The topological polar surface area (TPSA) is 55.3 Å². The van der Waals surface area contributed by atoms with Crippen LogP contribution in [0.25, 0.3) is 10.2 Å². The highest BCUT2D eigenvalue weighted by molar-refractivity contribution is 8.00. The molecule has 0 saturated heterocycles. The summed E-state index contributed by atoms with van der Waals surface area (Å²) in [6.45, 7) is 2.94. The molecule has 0 atom stereocenters. The van der Waals surface area contributed by atoms with E-state index < -0.39 is 0 Å². The Labute approximate surface area is 183 Å². The summed E-state index contributed by atoms with van der Waals surface area (Å²) < 4.78 is 6.72. The molecule has 0 saturated carbocycles. The summed E-state index contributed by atoms with van der Waals surface area (Å²) in [6, 6.07) is 19.7. The second kappa shape index (κ2) is 9.73. The molecule has 4 aromatic rings. The number of anilines is 1. The van der Waals surface area contributed by atoms with Crippen LogP contribution in [0.4, 0.5) is 5.13 Å². The highest BCUT2D eigenvalue weighted by atomic mass is 32.2. The Morgan fingerprint density at radius 1 is 1.10 bits per heavy atom. The first-order valence-electron chi connectivity index (χ1n) is 9.64. The lowest BCUT2D eigenvalue weighted by Gasteiger charge is -2.19. The predicted octanol–water partition coefficient (Wildman–Crippen LogP) is 5.42. The van der Waals surface area contributed by atoms with E-state index in [0.717, 1.165) is 26.4 Å². The molecule has 0 aliphatic heterocycles. The first kappa shape index (κ1) is 20.4. The van der Waals surface area contributed by atoms with Crippen molar-refractivity contribution in [2.45, 2.75) is 18.4 Å². The molecule has 0 aliphatic rings. The van der Waals surface area contributed by atoms with Crippen molar-refractivity contribution >= 4 is 44.4 Å². The number of thiazole rings is 1. The summed E-state index contributed by atoms with van der Waals surface area (Å²) in [5.74, 6) is 1.08. The van der Waals surface area contributed by atoms with Crippen molar-refractivity contribution in [3.05, 3.63) is 78.6 Å². The number of amides is 1. The van der Waals surface area contributed by atoms with Crippen LogP contribution in [0.3, 0.4) is 0 Å². The van der Waals surface area contributed by atoms with E-state index in [-0.39, 0.29) is 5.91 Å². The van der Waals surface area contributed by atoms with Gasteiger partial charge in [-0.15, -0.1) is 11.8 Å². The van der Waals surface area contributed by atoms with Crippen molar-refractivity contribution < 1.29 is 9.53 Å². The van der Waals surface area contributed by atoms with Crippen molar-refractivity contribution in [1.82, 2.24) is 9.97 Å². The van der Waals surface area contributed by atoms with Crippen LogP contribution in [-0.4, -0.2) is 28.2 Å². The van der Waals surface area contributed by atoms with Gasteiger partial charge in [0.2, 0.25) is 5.91 Å². The van der Waals surface area contributed by atoms with Crippen LogP contribution in [-0.2, 0) is 11.3 Å². The van der Waals surface area contributed by atoms with Crippen molar-refractivity contribution in [1.29, 1.82) is 0 Å². The highest BCUT2D eigenvalue weighted by Crippen LogP contribution is 2.35. The van der Waals surface area contributed by atoms with Gasteiger partial charge in [0.25, 0.3) is 0 Å².